The van der Waals surface area contributed by atoms with Crippen LogP contribution in [0.1, 0.15) is 51.6 Å². The predicted molar refractivity (Wildman–Crippen MR) is 68.4 cm³/mol. The Kier molecular flexibility index (Phi) is 9.60. The van der Waals surface area contributed by atoms with Gasteiger partial charge in [0, 0.05) is 6.20 Å². The summed E-state index contributed by atoms with van der Waals surface area (Å²) in [7, 11) is 0. The number of unbranched alkanes of at least 4 members (excludes halogenated alkanes) is 4. The Balaban J connectivity index is 0.000000265. The van der Waals surface area contributed by atoms with E-state index in [0.29, 0.717) is 0 Å². The lowest BCUT2D eigenvalue weighted by Crippen LogP contribution is -1.77. The minimum atomic E-state index is 0.729. The van der Waals surface area contributed by atoms with Crippen molar-refractivity contribution in [3.8, 4) is 0 Å². The van der Waals surface area contributed by atoms with Crippen LogP contribution in [0.3, 0.4) is 0 Å². The van der Waals surface area contributed by atoms with Crippen molar-refractivity contribution in [2.45, 2.75) is 52.9 Å². The molecule has 0 fully saturated rings. The third-order valence-electron chi connectivity index (χ3n) is 2.15. The van der Waals surface area contributed by atoms with Gasteiger partial charge in [0.25, 0.3) is 0 Å². The van der Waals surface area contributed by atoms with Gasteiger partial charge in [-0.1, -0.05) is 57.6 Å². The van der Waals surface area contributed by atoms with Gasteiger partial charge < -0.3 is 0 Å². The molecule has 0 aliphatic heterocycles. The van der Waals surface area contributed by atoms with Gasteiger partial charge in [-0.05, 0) is 19.1 Å². The van der Waals surface area contributed by atoms with Crippen LogP contribution in [0, 0.1) is 6.92 Å². The van der Waals surface area contributed by atoms with Gasteiger partial charge in [-0.3, -0.25) is 4.98 Å². The van der Waals surface area contributed by atoms with Crippen LogP contribution < -0.4 is 0 Å². The summed E-state index contributed by atoms with van der Waals surface area (Å²) >= 11 is 5.65. The summed E-state index contributed by atoms with van der Waals surface area (Å²) in [5.74, 6) is 0. The molecular weight excluding hydrogens is 206 g/mol. The Morgan fingerprint density at radius 2 is 1.73 bits per heavy atom. The number of hydrogen-bond donors (Lipinski definition) is 0. The van der Waals surface area contributed by atoms with E-state index in [9.17, 15) is 0 Å². The molecule has 2 heteroatoms. The average Bonchev–Trinajstić information content (AvgIpc) is 2.24. The van der Waals surface area contributed by atoms with E-state index in [0.717, 1.165) is 10.7 Å². The number of pyridine rings is 1. The molecule has 15 heavy (non-hydrogen) atoms. The summed E-state index contributed by atoms with van der Waals surface area (Å²) in [6.45, 7) is 6.37. The van der Waals surface area contributed by atoms with Gasteiger partial charge in [0.2, 0.25) is 0 Å². The number of rotatable bonds is 4. The maximum absolute atomic E-state index is 5.65. The monoisotopic (exact) mass is 227 g/mol. The van der Waals surface area contributed by atoms with E-state index in [4.69, 9.17) is 11.6 Å². The number of aromatic nitrogens is 1. The molecule has 0 unspecified atom stereocenters. The smallest absolute Gasteiger partial charge is 0.0618 e. The second-order valence-electron chi connectivity index (χ2n) is 3.63. The summed E-state index contributed by atoms with van der Waals surface area (Å²) < 4.78 is 0. The molecule has 0 N–H and O–H groups in total. The summed E-state index contributed by atoms with van der Waals surface area (Å²) in [5, 5.41) is 0.729. The third-order valence-corrected chi connectivity index (χ3v) is 2.55. The first kappa shape index (κ1) is 14.4. The maximum Gasteiger partial charge on any atom is 0.0618 e. The Hall–Kier alpha value is -0.560. The van der Waals surface area contributed by atoms with E-state index in [1.165, 1.54) is 32.1 Å². The quantitative estimate of drug-likeness (QED) is 0.659. The standard InChI is InChI=1S/C7H16.C6H6ClN/c1-3-5-7-6-4-2;1-5-6(7)3-2-4-8-5/h3-7H2,1-2H3;2-4H,1H3. The molecule has 0 atom stereocenters. The van der Waals surface area contributed by atoms with Crippen LogP contribution >= 0.6 is 11.6 Å². The summed E-state index contributed by atoms with van der Waals surface area (Å²) in [5.41, 5.74) is 0.883. The van der Waals surface area contributed by atoms with Crippen molar-refractivity contribution in [2.24, 2.45) is 0 Å². The van der Waals surface area contributed by atoms with Crippen LogP contribution in [0.25, 0.3) is 0 Å². The largest absolute Gasteiger partial charge is 0.260 e. The van der Waals surface area contributed by atoms with Crippen molar-refractivity contribution in [1.29, 1.82) is 0 Å². The van der Waals surface area contributed by atoms with Crippen molar-refractivity contribution < 1.29 is 0 Å². The van der Waals surface area contributed by atoms with Crippen LogP contribution in [-0.2, 0) is 0 Å². The molecular formula is C13H22ClN. The zero-order valence-corrected chi connectivity index (χ0v) is 10.8. The lowest BCUT2D eigenvalue weighted by molar-refractivity contribution is 0.656. The van der Waals surface area contributed by atoms with Gasteiger partial charge in [-0.15, -0.1) is 0 Å². The fourth-order valence-electron chi connectivity index (χ4n) is 1.14. The Labute approximate surface area is 98.9 Å². The topological polar surface area (TPSA) is 12.9 Å². The molecule has 1 nitrogen and oxygen atoms in total. The van der Waals surface area contributed by atoms with Crippen LogP contribution in [-0.4, -0.2) is 4.98 Å². The highest BCUT2D eigenvalue weighted by Gasteiger charge is 1.88. The molecule has 0 radical (unpaired) electrons. The molecule has 0 aromatic carbocycles. The summed E-state index contributed by atoms with van der Waals surface area (Å²) in [6.07, 6.45) is 8.73. The van der Waals surface area contributed by atoms with E-state index in [1.54, 1.807) is 6.20 Å². The van der Waals surface area contributed by atoms with Crippen molar-refractivity contribution in [3.05, 3.63) is 29.0 Å². The van der Waals surface area contributed by atoms with Gasteiger partial charge in [-0.2, -0.15) is 0 Å². The van der Waals surface area contributed by atoms with E-state index >= 15 is 0 Å². The number of halogens is 1. The molecule has 0 bridgehead atoms. The lowest BCUT2D eigenvalue weighted by Gasteiger charge is -1.90. The highest BCUT2D eigenvalue weighted by Crippen LogP contribution is 2.08. The van der Waals surface area contributed by atoms with E-state index < -0.39 is 0 Å². The molecule has 0 amide bonds. The van der Waals surface area contributed by atoms with Crippen molar-refractivity contribution in [1.82, 2.24) is 4.98 Å². The molecule has 0 aliphatic rings. The second kappa shape index (κ2) is 9.97. The van der Waals surface area contributed by atoms with Crippen LogP contribution in [0.5, 0.6) is 0 Å². The first-order chi connectivity index (χ1) is 7.22. The molecule has 1 aromatic heterocycles. The average molecular weight is 228 g/mol. The number of aryl methyl sites for hydroxylation is 1. The van der Waals surface area contributed by atoms with Gasteiger partial charge in [0.05, 0.1) is 10.7 Å². The fraction of sp³-hybridized carbons (Fsp3) is 0.615. The molecule has 0 aliphatic carbocycles. The first-order valence-corrected chi connectivity index (χ1v) is 6.17. The fourth-order valence-corrected chi connectivity index (χ4v) is 1.26. The first-order valence-electron chi connectivity index (χ1n) is 5.79. The highest BCUT2D eigenvalue weighted by molar-refractivity contribution is 6.31. The van der Waals surface area contributed by atoms with Gasteiger partial charge in [0.1, 0.15) is 0 Å². The molecule has 1 rings (SSSR count). The predicted octanol–water partition coefficient (Wildman–Crippen LogP) is 5.02. The summed E-state index contributed by atoms with van der Waals surface area (Å²) in [6, 6.07) is 3.64. The Morgan fingerprint density at radius 1 is 1.13 bits per heavy atom. The van der Waals surface area contributed by atoms with Gasteiger partial charge in [-0.25, -0.2) is 0 Å². The van der Waals surface area contributed by atoms with E-state index in [2.05, 4.69) is 18.8 Å². The SMILES string of the molecule is CCCCCCC.Cc1ncccc1Cl. The Bertz CT molecular complexity index is 223. The molecule has 1 aromatic rings. The zero-order chi connectivity index (χ0) is 11.5. The maximum atomic E-state index is 5.65. The molecule has 0 spiro atoms. The van der Waals surface area contributed by atoms with Gasteiger partial charge in [0.15, 0.2) is 0 Å². The zero-order valence-electron chi connectivity index (χ0n) is 10.1. The Morgan fingerprint density at radius 3 is 2.07 bits per heavy atom. The van der Waals surface area contributed by atoms with Crippen LogP contribution in [0.4, 0.5) is 0 Å². The summed E-state index contributed by atoms with van der Waals surface area (Å²) in [4.78, 5) is 3.95. The molecule has 1 heterocycles. The second-order valence-corrected chi connectivity index (χ2v) is 4.04. The number of nitrogens with zero attached hydrogens (tertiary/aromatic N) is 1. The minimum absolute atomic E-state index is 0.729. The molecule has 0 saturated heterocycles. The van der Waals surface area contributed by atoms with Crippen molar-refractivity contribution in [3.63, 3.8) is 0 Å². The third kappa shape index (κ3) is 8.44. The van der Waals surface area contributed by atoms with Crippen LogP contribution in [0.2, 0.25) is 5.02 Å². The molecule has 0 saturated carbocycles. The lowest BCUT2D eigenvalue weighted by atomic mass is 10.2. The normalized spacial score (nSPS) is 9.33. The van der Waals surface area contributed by atoms with Crippen LogP contribution in [0.15, 0.2) is 18.3 Å². The molecule has 86 valence electrons. The van der Waals surface area contributed by atoms with E-state index in [1.807, 2.05) is 19.1 Å². The number of hydrogen-bond acceptors (Lipinski definition) is 1. The van der Waals surface area contributed by atoms with Crippen molar-refractivity contribution >= 4 is 11.6 Å². The van der Waals surface area contributed by atoms with Gasteiger partial charge >= 0.3 is 0 Å². The van der Waals surface area contributed by atoms with Crippen molar-refractivity contribution in [2.75, 3.05) is 0 Å². The highest BCUT2D eigenvalue weighted by atomic mass is 35.5. The minimum Gasteiger partial charge on any atom is -0.260 e. The van der Waals surface area contributed by atoms with E-state index in [-0.39, 0.29) is 0 Å².